The van der Waals surface area contributed by atoms with Crippen LogP contribution in [0.3, 0.4) is 0 Å². The van der Waals surface area contributed by atoms with Crippen LogP contribution in [0.1, 0.15) is 23.0 Å². The highest BCUT2D eigenvalue weighted by Crippen LogP contribution is 2.20. The number of aryl methyl sites for hydroxylation is 2. The normalized spacial score (nSPS) is 10.5. The van der Waals surface area contributed by atoms with Gasteiger partial charge in [-0.05, 0) is 38.1 Å². The maximum Gasteiger partial charge on any atom is 0.261 e. The molecular weight excluding hydrogens is 262 g/mol. The molecule has 5 heteroatoms. The first-order valence-corrected chi connectivity index (χ1v) is 6.48. The summed E-state index contributed by atoms with van der Waals surface area (Å²) in [6.45, 7) is 4.37. The Morgan fingerprint density at radius 2 is 2.00 bits per heavy atom. The topological polar surface area (TPSA) is 38.1 Å². The van der Waals surface area contributed by atoms with E-state index in [9.17, 15) is 4.79 Å². The average Bonchev–Trinajstić information content (AvgIpc) is 2.71. The van der Waals surface area contributed by atoms with Gasteiger partial charge in [-0.25, -0.2) is 0 Å². The van der Waals surface area contributed by atoms with Crippen molar-refractivity contribution in [3.05, 3.63) is 46.7 Å². The van der Waals surface area contributed by atoms with Crippen LogP contribution in [-0.4, -0.2) is 22.2 Å². The van der Waals surface area contributed by atoms with Crippen molar-refractivity contribution in [3.8, 4) is 0 Å². The maximum absolute atomic E-state index is 12.5. The lowest BCUT2D eigenvalue weighted by atomic mass is 10.2. The van der Waals surface area contributed by atoms with Gasteiger partial charge in [0.05, 0.1) is 11.3 Å². The van der Waals surface area contributed by atoms with Gasteiger partial charge in [0.2, 0.25) is 0 Å². The van der Waals surface area contributed by atoms with Crippen molar-refractivity contribution in [1.29, 1.82) is 0 Å². The third kappa shape index (κ3) is 2.79. The fraction of sp³-hybridized carbons (Fsp3) is 0.286. The minimum Gasteiger partial charge on any atom is -0.309 e. The Bertz CT molecular complexity index is 589. The van der Waals surface area contributed by atoms with E-state index in [2.05, 4.69) is 5.10 Å². The van der Waals surface area contributed by atoms with Crippen LogP contribution < -0.4 is 4.90 Å². The number of carbonyl (C=O) groups is 1. The molecule has 0 saturated carbocycles. The van der Waals surface area contributed by atoms with E-state index in [-0.39, 0.29) is 5.91 Å². The molecule has 0 fully saturated rings. The molecule has 4 nitrogen and oxygen atoms in total. The van der Waals surface area contributed by atoms with E-state index >= 15 is 0 Å². The van der Waals surface area contributed by atoms with Crippen LogP contribution in [0.15, 0.2) is 30.5 Å². The van der Waals surface area contributed by atoms with Crippen molar-refractivity contribution < 1.29 is 4.79 Å². The molecule has 0 unspecified atom stereocenters. The molecule has 2 rings (SSSR count). The molecule has 0 radical (unpaired) electrons. The van der Waals surface area contributed by atoms with Crippen LogP contribution in [0.2, 0.25) is 5.02 Å². The minimum absolute atomic E-state index is 0.0459. The molecule has 1 heterocycles. The molecule has 0 spiro atoms. The second kappa shape index (κ2) is 5.45. The number of hydrogen-bond donors (Lipinski definition) is 0. The van der Waals surface area contributed by atoms with Crippen molar-refractivity contribution in [1.82, 2.24) is 9.78 Å². The number of hydrogen-bond acceptors (Lipinski definition) is 2. The first kappa shape index (κ1) is 13.6. The summed E-state index contributed by atoms with van der Waals surface area (Å²) >= 11 is 5.87. The maximum atomic E-state index is 12.5. The highest BCUT2D eigenvalue weighted by Gasteiger charge is 2.19. The summed E-state index contributed by atoms with van der Waals surface area (Å²) in [6.07, 6.45) is 1.75. The van der Waals surface area contributed by atoms with Gasteiger partial charge in [0.25, 0.3) is 5.91 Å². The van der Waals surface area contributed by atoms with Crippen molar-refractivity contribution in [2.45, 2.75) is 13.8 Å². The average molecular weight is 278 g/mol. The van der Waals surface area contributed by atoms with Crippen molar-refractivity contribution >= 4 is 23.2 Å². The summed E-state index contributed by atoms with van der Waals surface area (Å²) in [5, 5.41) is 4.86. The number of aromatic nitrogens is 2. The molecule has 0 saturated heterocycles. The van der Waals surface area contributed by atoms with E-state index in [0.717, 1.165) is 11.4 Å². The van der Waals surface area contributed by atoms with Crippen LogP contribution in [0.25, 0.3) is 0 Å². The van der Waals surface area contributed by atoms with E-state index in [4.69, 9.17) is 11.6 Å². The van der Waals surface area contributed by atoms with Gasteiger partial charge in [0, 0.05) is 30.5 Å². The molecule has 0 bridgehead atoms. The lowest BCUT2D eigenvalue weighted by Gasteiger charge is -2.20. The van der Waals surface area contributed by atoms with Gasteiger partial charge in [0.15, 0.2) is 0 Å². The van der Waals surface area contributed by atoms with Crippen LogP contribution >= 0.6 is 11.6 Å². The number of benzene rings is 1. The van der Waals surface area contributed by atoms with Crippen molar-refractivity contribution in [2.24, 2.45) is 7.05 Å². The number of anilines is 1. The standard InChI is InChI=1S/C14H16ClN3O/c1-4-18(12-7-5-11(15)6-8-12)14(19)13-9-17(3)16-10(13)2/h5-9H,4H2,1-3H3. The van der Waals surface area contributed by atoms with Gasteiger partial charge in [-0.1, -0.05) is 11.6 Å². The quantitative estimate of drug-likeness (QED) is 0.865. The molecule has 0 N–H and O–H groups in total. The molecular formula is C14H16ClN3O. The smallest absolute Gasteiger partial charge is 0.261 e. The Morgan fingerprint density at radius 1 is 1.37 bits per heavy atom. The van der Waals surface area contributed by atoms with E-state index in [1.807, 2.05) is 33.0 Å². The lowest BCUT2D eigenvalue weighted by molar-refractivity contribution is 0.0987. The molecule has 1 aromatic heterocycles. The monoisotopic (exact) mass is 277 g/mol. The summed E-state index contributed by atoms with van der Waals surface area (Å²) in [5.74, 6) is -0.0459. The van der Waals surface area contributed by atoms with Gasteiger partial charge < -0.3 is 4.90 Å². The fourth-order valence-corrected chi connectivity index (χ4v) is 2.15. The Kier molecular flexibility index (Phi) is 3.90. The van der Waals surface area contributed by atoms with Crippen molar-refractivity contribution in [3.63, 3.8) is 0 Å². The van der Waals surface area contributed by atoms with E-state index in [1.165, 1.54) is 0 Å². The highest BCUT2D eigenvalue weighted by molar-refractivity contribution is 6.30. The molecule has 19 heavy (non-hydrogen) atoms. The van der Waals surface area contributed by atoms with Gasteiger partial charge >= 0.3 is 0 Å². The number of nitrogens with zero attached hydrogens (tertiary/aromatic N) is 3. The molecule has 0 aliphatic rings. The second-order valence-electron chi connectivity index (χ2n) is 4.33. The first-order valence-electron chi connectivity index (χ1n) is 6.10. The summed E-state index contributed by atoms with van der Waals surface area (Å²) in [4.78, 5) is 14.2. The molecule has 1 amide bonds. The predicted molar refractivity (Wildman–Crippen MR) is 76.7 cm³/mol. The molecule has 0 aliphatic heterocycles. The van der Waals surface area contributed by atoms with E-state index in [0.29, 0.717) is 17.1 Å². The zero-order chi connectivity index (χ0) is 14.0. The Labute approximate surface area is 117 Å². The van der Waals surface area contributed by atoms with Crippen LogP contribution in [0, 0.1) is 6.92 Å². The number of halogens is 1. The summed E-state index contributed by atoms with van der Waals surface area (Å²) in [7, 11) is 1.81. The third-order valence-corrected chi connectivity index (χ3v) is 3.20. The zero-order valence-corrected chi connectivity index (χ0v) is 12.0. The van der Waals surface area contributed by atoms with Crippen molar-refractivity contribution in [2.75, 3.05) is 11.4 Å². The van der Waals surface area contributed by atoms with Gasteiger partial charge in [0.1, 0.15) is 0 Å². The molecule has 0 atom stereocenters. The van der Waals surface area contributed by atoms with Gasteiger partial charge in [-0.15, -0.1) is 0 Å². The van der Waals surface area contributed by atoms with Gasteiger partial charge in [-0.3, -0.25) is 9.48 Å². The second-order valence-corrected chi connectivity index (χ2v) is 4.76. The molecule has 0 aliphatic carbocycles. The lowest BCUT2D eigenvalue weighted by Crippen LogP contribution is -2.30. The van der Waals surface area contributed by atoms with Gasteiger partial charge in [-0.2, -0.15) is 5.10 Å². The molecule has 2 aromatic rings. The molecule has 1 aromatic carbocycles. The summed E-state index contributed by atoms with van der Waals surface area (Å²) in [5.41, 5.74) is 2.19. The van der Waals surface area contributed by atoms with Crippen LogP contribution in [0.5, 0.6) is 0 Å². The fourth-order valence-electron chi connectivity index (χ4n) is 2.02. The Balaban J connectivity index is 2.34. The highest BCUT2D eigenvalue weighted by atomic mass is 35.5. The SMILES string of the molecule is CCN(C(=O)c1cn(C)nc1C)c1ccc(Cl)cc1. The third-order valence-electron chi connectivity index (χ3n) is 2.94. The predicted octanol–water partition coefficient (Wildman–Crippen LogP) is 3.05. The Hall–Kier alpha value is -1.81. The van der Waals surface area contributed by atoms with E-state index in [1.54, 1.807) is 27.9 Å². The minimum atomic E-state index is -0.0459. The Morgan fingerprint density at radius 3 is 2.47 bits per heavy atom. The summed E-state index contributed by atoms with van der Waals surface area (Å²) < 4.78 is 1.65. The number of amides is 1. The van der Waals surface area contributed by atoms with Crippen LogP contribution in [0.4, 0.5) is 5.69 Å². The molecule has 100 valence electrons. The van der Waals surface area contributed by atoms with E-state index < -0.39 is 0 Å². The zero-order valence-electron chi connectivity index (χ0n) is 11.2. The summed E-state index contributed by atoms with van der Waals surface area (Å²) in [6, 6.07) is 7.25. The number of rotatable bonds is 3. The number of carbonyl (C=O) groups excluding carboxylic acids is 1. The van der Waals surface area contributed by atoms with Crippen LogP contribution in [-0.2, 0) is 7.05 Å². The first-order chi connectivity index (χ1) is 9.02. The largest absolute Gasteiger partial charge is 0.309 e.